The zero-order chi connectivity index (χ0) is 21.2. The fourth-order valence-corrected chi connectivity index (χ4v) is 2.37. The fourth-order valence-electron chi connectivity index (χ4n) is 2.37. The summed E-state index contributed by atoms with van der Waals surface area (Å²) in [5, 5.41) is 37.8. The summed E-state index contributed by atoms with van der Waals surface area (Å²) in [7, 11) is 0. The monoisotopic (exact) mass is 409 g/mol. The maximum atomic E-state index is 9.00. The summed E-state index contributed by atoms with van der Waals surface area (Å²) in [6, 6.07) is 13.0. The minimum atomic E-state index is 0. The number of hydrogen-bond donors (Lipinski definition) is 3. The van der Waals surface area contributed by atoms with Gasteiger partial charge < -0.3 is 11.8 Å². The molecule has 30 heavy (non-hydrogen) atoms. The Labute approximate surface area is 195 Å². The summed E-state index contributed by atoms with van der Waals surface area (Å²) < 4.78 is 1.00. The van der Waals surface area contributed by atoms with Crippen molar-refractivity contribution >= 4 is 0 Å². The molecule has 0 fully saturated rings. The van der Waals surface area contributed by atoms with E-state index in [9.17, 15) is 0 Å². The first kappa shape index (κ1) is 24.5. The van der Waals surface area contributed by atoms with Crippen molar-refractivity contribution in [2.75, 3.05) is 0 Å². The molecule has 4 aromatic rings. The standard InChI is InChI=1S/C10H8N4.C9H9N3O.CN.Na/c1-7-4-10(14-13-7)8-2-3-12-9(5-8)6-11;1-7-6-9(11-10-7)8-2-4-12(13)5-3-8;1-2;/h2-5H,1H3,(H,13,14);2-6,13H,1H3;;/q;;-1;+1/p+1. The van der Waals surface area contributed by atoms with E-state index in [1.165, 1.54) is 0 Å². The van der Waals surface area contributed by atoms with Crippen molar-refractivity contribution in [1.82, 2.24) is 25.4 Å². The first-order valence-corrected chi connectivity index (χ1v) is 8.39. The van der Waals surface area contributed by atoms with Gasteiger partial charge >= 0.3 is 29.6 Å². The molecule has 0 spiro atoms. The van der Waals surface area contributed by atoms with Crippen LogP contribution in [0.2, 0.25) is 0 Å². The van der Waals surface area contributed by atoms with Gasteiger partial charge in [0.2, 0.25) is 12.4 Å². The van der Waals surface area contributed by atoms with Crippen molar-refractivity contribution in [2.45, 2.75) is 13.8 Å². The van der Waals surface area contributed by atoms with Crippen LogP contribution >= 0.6 is 0 Å². The number of nitrogens with zero attached hydrogens (tertiary/aromatic N) is 6. The Kier molecular flexibility index (Phi) is 9.93. The molecule has 3 N–H and O–H groups in total. The van der Waals surface area contributed by atoms with Crippen molar-refractivity contribution in [3.63, 3.8) is 0 Å². The smallest absolute Gasteiger partial charge is 0.512 e. The number of rotatable bonds is 2. The Bertz CT molecular complexity index is 1130. The topological polar surface area (TPSA) is 142 Å². The Morgan fingerprint density at radius 2 is 1.47 bits per heavy atom. The van der Waals surface area contributed by atoms with E-state index in [0.717, 1.165) is 38.6 Å². The van der Waals surface area contributed by atoms with Gasteiger partial charge in [0.25, 0.3) is 0 Å². The minimum absolute atomic E-state index is 0. The third kappa shape index (κ3) is 6.83. The summed E-state index contributed by atoms with van der Waals surface area (Å²) in [6.07, 6.45) is 4.75. The molecule has 0 aliphatic heterocycles. The number of aryl methyl sites for hydroxylation is 2. The van der Waals surface area contributed by atoms with Crippen molar-refractivity contribution in [3.8, 4) is 28.6 Å². The number of aromatic nitrogens is 6. The molecule has 0 aromatic carbocycles. The maximum absolute atomic E-state index is 9.00. The van der Waals surface area contributed by atoms with E-state index in [1.807, 2.05) is 38.1 Å². The normalized spacial score (nSPS) is 9.03. The SMILES string of the molecule is Cc1cc(-c2cc[n+](O)cc2)n[nH]1.Cc1cc(-c2ccnc(C#N)c2)n[nH]1.[C-]#N.[Na+]. The van der Waals surface area contributed by atoms with E-state index in [-0.39, 0.29) is 29.6 Å². The Morgan fingerprint density at radius 3 is 1.93 bits per heavy atom. The van der Waals surface area contributed by atoms with Crippen LogP contribution in [0, 0.1) is 37.0 Å². The van der Waals surface area contributed by atoms with Crippen LogP contribution in [-0.4, -0.2) is 30.6 Å². The number of pyridine rings is 2. The van der Waals surface area contributed by atoms with Gasteiger partial charge in [-0.3, -0.25) is 15.4 Å². The number of aromatic amines is 2. The molecule has 4 aromatic heterocycles. The second kappa shape index (κ2) is 12.1. The van der Waals surface area contributed by atoms with Crippen molar-refractivity contribution in [2.24, 2.45) is 0 Å². The van der Waals surface area contributed by atoms with E-state index >= 15 is 0 Å². The molecule has 10 heteroatoms. The second-order valence-electron chi connectivity index (χ2n) is 5.88. The minimum Gasteiger partial charge on any atom is -0.512 e. The molecule has 0 amide bonds. The van der Waals surface area contributed by atoms with Crippen molar-refractivity contribution in [3.05, 3.63) is 78.6 Å². The van der Waals surface area contributed by atoms with E-state index in [4.69, 9.17) is 22.3 Å². The molecule has 0 saturated heterocycles. The number of nitriles is 1. The van der Waals surface area contributed by atoms with Crippen LogP contribution in [0.15, 0.2) is 55.0 Å². The summed E-state index contributed by atoms with van der Waals surface area (Å²) in [5.74, 6) is 0. The van der Waals surface area contributed by atoms with Gasteiger partial charge in [-0.15, -0.1) is 0 Å². The first-order chi connectivity index (χ1) is 14.0. The Hall–Kier alpha value is -3.50. The van der Waals surface area contributed by atoms with E-state index in [2.05, 4.69) is 25.4 Å². The second-order valence-corrected chi connectivity index (χ2v) is 5.88. The Morgan fingerprint density at radius 1 is 0.933 bits per heavy atom. The zero-order valence-corrected chi connectivity index (χ0v) is 18.8. The van der Waals surface area contributed by atoms with Gasteiger partial charge in [0.15, 0.2) is 0 Å². The van der Waals surface area contributed by atoms with E-state index < -0.39 is 0 Å². The van der Waals surface area contributed by atoms with Crippen LogP contribution in [-0.2, 0) is 0 Å². The van der Waals surface area contributed by atoms with Crippen molar-refractivity contribution in [1.29, 1.82) is 10.5 Å². The number of H-pyrrole nitrogens is 2. The van der Waals surface area contributed by atoms with Crippen LogP contribution in [0.4, 0.5) is 0 Å². The summed E-state index contributed by atoms with van der Waals surface area (Å²) >= 11 is 0. The van der Waals surface area contributed by atoms with Gasteiger partial charge in [-0.25, -0.2) is 4.98 Å². The van der Waals surface area contributed by atoms with E-state index in [1.54, 1.807) is 36.8 Å². The van der Waals surface area contributed by atoms with Gasteiger partial charge in [0.1, 0.15) is 11.8 Å². The van der Waals surface area contributed by atoms with Crippen LogP contribution in [0.1, 0.15) is 17.1 Å². The molecule has 0 aliphatic rings. The summed E-state index contributed by atoms with van der Waals surface area (Å²) in [6.45, 7) is 8.63. The molecule has 0 unspecified atom stereocenters. The van der Waals surface area contributed by atoms with Gasteiger partial charge in [-0.2, -0.15) is 15.5 Å². The molecule has 0 radical (unpaired) electrons. The van der Waals surface area contributed by atoms with Crippen LogP contribution in [0.25, 0.3) is 22.5 Å². The molecule has 4 rings (SSSR count). The Balaban J connectivity index is 0.000000270. The van der Waals surface area contributed by atoms with Gasteiger partial charge in [0, 0.05) is 45.6 Å². The van der Waals surface area contributed by atoms with Crippen LogP contribution in [0.5, 0.6) is 0 Å². The number of hydrogen-bond acceptors (Lipinski definition) is 6. The fraction of sp³-hybridized carbons (Fsp3) is 0.100. The molecule has 0 bridgehead atoms. The molecule has 0 saturated carbocycles. The molecule has 0 atom stereocenters. The predicted molar refractivity (Wildman–Crippen MR) is 102 cm³/mol. The summed E-state index contributed by atoms with van der Waals surface area (Å²) in [4.78, 5) is 3.89. The van der Waals surface area contributed by atoms with E-state index in [0.29, 0.717) is 5.69 Å². The third-order valence-corrected chi connectivity index (χ3v) is 3.69. The molecule has 0 aliphatic carbocycles. The molecule has 9 nitrogen and oxygen atoms in total. The summed E-state index contributed by atoms with van der Waals surface area (Å²) in [5.41, 5.74) is 6.03. The van der Waals surface area contributed by atoms with Crippen molar-refractivity contribution < 1.29 is 39.5 Å². The molecular formula is C20H18N8NaO+. The molecule has 144 valence electrons. The van der Waals surface area contributed by atoms with Crippen LogP contribution < -0.4 is 34.3 Å². The molecular weight excluding hydrogens is 391 g/mol. The van der Waals surface area contributed by atoms with Gasteiger partial charge in [-0.1, -0.05) is 0 Å². The quantitative estimate of drug-likeness (QED) is 0.179. The average Bonchev–Trinajstić information content (AvgIpc) is 3.39. The third-order valence-electron chi connectivity index (χ3n) is 3.69. The van der Waals surface area contributed by atoms with Gasteiger partial charge in [-0.05, 0) is 38.1 Å². The first-order valence-electron chi connectivity index (χ1n) is 8.39. The zero-order valence-electron chi connectivity index (χ0n) is 16.8. The molecule has 4 heterocycles. The average molecular weight is 409 g/mol. The van der Waals surface area contributed by atoms with Crippen LogP contribution in [0.3, 0.4) is 0 Å². The largest absolute Gasteiger partial charge is 1.00 e. The predicted octanol–water partition coefficient (Wildman–Crippen LogP) is -0.338. The maximum Gasteiger partial charge on any atom is 1.00 e. The van der Waals surface area contributed by atoms with Gasteiger partial charge in [0.05, 0.1) is 11.4 Å². The number of nitrogens with one attached hydrogen (secondary N) is 2.